The molecule has 0 fully saturated rings. The normalized spacial score (nSPS) is 10.7. The standard InChI is InChI=1S/C11H12F2INO2/c1-3-17-8(16)5-7-4-6(2)9(10(12)13)15-11(7)14/h4,10H,3,5H2,1-2H3. The second-order valence-electron chi connectivity index (χ2n) is 3.42. The summed E-state index contributed by atoms with van der Waals surface area (Å²) in [6.45, 7) is 3.57. The predicted octanol–water partition coefficient (Wildman–Crippen LogP) is 3.04. The number of aromatic nitrogens is 1. The van der Waals surface area contributed by atoms with Crippen molar-refractivity contribution in [2.24, 2.45) is 0 Å². The third-order valence-corrected chi connectivity index (χ3v) is 3.06. The second kappa shape index (κ2) is 6.23. The molecule has 0 saturated carbocycles. The first-order valence-corrected chi connectivity index (χ1v) is 6.13. The minimum Gasteiger partial charge on any atom is -0.466 e. The molecular weight excluding hydrogens is 343 g/mol. The summed E-state index contributed by atoms with van der Waals surface area (Å²) in [5, 5.41) is 0. The first kappa shape index (κ1) is 14.3. The van der Waals surface area contributed by atoms with E-state index in [1.807, 2.05) is 22.6 Å². The minimum absolute atomic E-state index is 0.0590. The Kier molecular flexibility index (Phi) is 5.23. The van der Waals surface area contributed by atoms with Crippen molar-refractivity contribution in [2.45, 2.75) is 26.7 Å². The van der Waals surface area contributed by atoms with Crippen LogP contribution in [-0.2, 0) is 16.0 Å². The molecule has 0 aromatic carbocycles. The van der Waals surface area contributed by atoms with E-state index in [1.54, 1.807) is 19.9 Å². The number of rotatable bonds is 4. The van der Waals surface area contributed by atoms with E-state index in [4.69, 9.17) is 4.74 Å². The molecule has 1 aromatic rings. The van der Waals surface area contributed by atoms with Crippen LogP contribution in [0, 0.1) is 10.6 Å². The molecule has 17 heavy (non-hydrogen) atoms. The van der Waals surface area contributed by atoms with Gasteiger partial charge in [0.15, 0.2) is 0 Å². The van der Waals surface area contributed by atoms with Crippen molar-refractivity contribution in [1.82, 2.24) is 4.98 Å². The number of carbonyl (C=O) groups is 1. The number of ether oxygens (including phenoxy) is 1. The van der Waals surface area contributed by atoms with Crippen LogP contribution in [0.4, 0.5) is 8.78 Å². The number of esters is 1. The van der Waals surface area contributed by atoms with E-state index in [9.17, 15) is 13.6 Å². The van der Waals surface area contributed by atoms with E-state index in [0.717, 1.165) is 0 Å². The van der Waals surface area contributed by atoms with Crippen molar-refractivity contribution in [1.29, 1.82) is 0 Å². The van der Waals surface area contributed by atoms with Gasteiger partial charge in [-0.2, -0.15) is 0 Å². The van der Waals surface area contributed by atoms with E-state index < -0.39 is 6.43 Å². The Morgan fingerprint density at radius 3 is 2.76 bits per heavy atom. The number of hydrogen-bond donors (Lipinski definition) is 0. The van der Waals surface area contributed by atoms with Gasteiger partial charge in [-0.25, -0.2) is 13.8 Å². The largest absolute Gasteiger partial charge is 0.466 e. The van der Waals surface area contributed by atoms with Crippen LogP contribution in [0.25, 0.3) is 0 Å². The lowest BCUT2D eigenvalue weighted by molar-refractivity contribution is -0.142. The van der Waals surface area contributed by atoms with Crippen LogP contribution in [0.5, 0.6) is 0 Å². The predicted molar refractivity (Wildman–Crippen MR) is 67.0 cm³/mol. The summed E-state index contributed by atoms with van der Waals surface area (Å²) in [6.07, 6.45) is -2.54. The fraction of sp³-hybridized carbons (Fsp3) is 0.455. The molecule has 0 spiro atoms. The van der Waals surface area contributed by atoms with E-state index in [-0.39, 0.29) is 18.1 Å². The molecule has 1 rings (SSSR count). The summed E-state index contributed by atoms with van der Waals surface area (Å²) in [6, 6.07) is 1.56. The number of halogens is 3. The Hall–Kier alpha value is -0.790. The molecular formula is C11H12F2INO2. The van der Waals surface area contributed by atoms with E-state index >= 15 is 0 Å². The molecule has 94 valence electrons. The molecule has 3 nitrogen and oxygen atoms in total. The van der Waals surface area contributed by atoms with Gasteiger partial charge < -0.3 is 4.74 Å². The van der Waals surface area contributed by atoms with Gasteiger partial charge in [0.05, 0.1) is 13.0 Å². The molecule has 0 bridgehead atoms. The Morgan fingerprint density at radius 1 is 1.59 bits per heavy atom. The maximum Gasteiger partial charge on any atom is 0.310 e. The van der Waals surface area contributed by atoms with Gasteiger partial charge in [-0.3, -0.25) is 4.79 Å². The summed E-state index contributed by atoms with van der Waals surface area (Å²) >= 11 is 1.85. The van der Waals surface area contributed by atoms with Gasteiger partial charge in [-0.1, -0.05) is 6.07 Å². The van der Waals surface area contributed by atoms with Gasteiger partial charge in [-0.15, -0.1) is 0 Å². The van der Waals surface area contributed by atoms with Crippen LogP contribution in [0.1, 0.15) is 30.2 Å². The van der Waals surface area contributed by atoms with Crippen molar-refractivity contribution >= 4 is 28.6 Å². The number of nitrogens with zero attached hydrogens (tertiary/aromatic N) is 1. The van der Waals surface area contributed by atoms with Crippen molar-refractivity contribution in [3.8, 4) is 0 Å². The molecule has 0 aliphatic rings. The zero-order valence-corrected chi connectivity index (χ0v) is 11.6. The zero-order valence-electron chi connectivity index (χ0n) is 9.47. The van der Waals surface area contributed by atoms with E-state index in [1.165, 1.54) is 0 Å². The highest BCUT2D eigenvalue weighted by atomic mass is 127. The number of alkyl halides is 2. The van der Waals surface area contributed by atoms with Gasteiger partial charge in [-0.05, 0) is 47.6 Å². The van der Waals surface area contributed by atoms with Crippen molar-refractivity contribution in [3.63, 3.8) is 0 Å². The molecule has 1 heterocycles. The SMILES string of the molecule is CCOC(=O)Cc1cc(C)c(C(F)F)nc1I. The highest BCUT2D eigenvalue weighted by Gasteiger charge is 2.17. The second-order valence-corrected chi connectivity index (χ2v) is 4.44. The van der Waals surface area contributed by atoms with Gasteiger partial charge in [0.25, 0.3) is 6.43 Å². The molecule has 0 amide bonds. The lowest BCUT2D eigenvalue weighted by atomic mass is 10.1. The number of carbonyl (C=O) groups excluding carboxylic acids is 1. The monoisotopic (exact) mass is 355 g/mol. The van der Waals surface area contributed by atoms with Crippen molar-refractivity contribution in [3.05, 3.63) is 26.6 Å². The molecule has 0 aliphatic heterocycles. The van der Waals surface area contributed by atoms with E-state index in [0.29, 0.717) is 21.4 Å². The van der Waals surface area contributed by atoms with Crippen LogP contribution in [-0.4, -0.2) is 17.6 Å². The highest BCUT2D eigenvalue weighted by molar-refractivity contribution is 14.1. The molecule has 0 radical (unpaired) electrons. The average Bonchev–Trinajstić information content (AvgIpc) is 2.22. The Morgan fingerprint density at radius 2 is 2.24 bits per heavy atom. The summed E-state index contributed by atoms with van der Waals surface area (Å²) in [7, 11) is 0. The highest BCUT2D eigenvalue weighted by Crippen LogP contribution is 2.23. The molecule has 6 heteroatoms. The molecule has 0 unspecified atom stereocenters. The summed E-state index contributed by atoms with van der Waals surface area (Å²) in [4.78, 5) is 15.1. The van der Waals surface area contributed by atoms with Gasteiger partial charge in [0, 0.05) is 0 Å². The van der Waals surface area contributed by atoms with Gasteiger partial charge >= 0.3 is 5.97 Å². The van der Waals surface area contributed by atoms with Crippen LogP contribution in [0.15, 0.2) is 6.07 Å². The van der Waals surface area contributed by atoms with Gasteiger partial charge in [0.1, 0.15) is 9.39 Å². The quantitative estimate of drug-likeness (QED) is 0.474. The Balaban J connectivity index is 2.95. The number of pyridine rings is 1. The zero-order chi connectivity index (χ0) is 13.0. The summed E-state index contributed by atoms with van der Waals surface area (Å²) in [5.74, 6) is -0.378. The topological polar surface area (TPSA) is 39.2 Å². The third-order valence-electron chi connectivity index (χ3n) is 2.13. The lowest BCUT2D eigenvalue weighted by Gasteiger charge is -2.09. The Labute approximate surface area is 112 Å². The van der Waals surface area contributed by atoms with Crippen LogP contribution < -0.4 is 0 Å². The number of aryl methyl sites for hydroxylation is 1. The van der Waals surface area contributed by atoms with Crippen LogP contribution >= 0.6 is 22.6 Å². The fourth-order valence-electron chi connectivity index (χ4n) is 1.37. The third kappa shape index (κ3) is 3.86. The summed E-state index contributed by atoms with van der Waals surface area (Å²) in [5.41, 5.74) is 0.771. The molecule has 0 N–H and O–H groups in total. The Bertz CT molecular complexity index is 424. The average molecular weight is 355 g/mol. The first-order chi connectivity index (χ1) is 7.95. The molecule has 1 aromatic heterocycles. The molecule has 0 saturated heterocycles. The smallest absolute Gasteiger partial charge is 0.310 e. The van der Waals surface area contributed by atoms with Crippen molar-refractivity contribution < 1.29 is 18.3 Å². The van der Waals surface area contributed by atoms with Crippen molar-refractivity contribution in [2.75, 3.05) is 6.61 Å². The van der Waals surface area contributed by atoms with E-state index in [2.05, 4.69) is 4.98 Å². The van der Waals surface area contributed by atoms with Crippen LogP contribution in [0.2, 0.25) is 0 Å². The molecule has 0 aliphatic carbocycles. The fourth-order valence-corrected chi connectivity index (χ4v) is 1.98. The van der Waals surface area contributed by atoms with Gasteiger partial charge in [0.2, 0.25) is 0 Å². The first-order valence-electron chi connectivity index (χ1n) is 5.05. The maximum absolute atomic E-state index is 12.6. The lowest BCUT2D eigenvalue weighted by Crippen LogP contribution is -2.10. The summed E-state index contributed by atoms with van der Waals surface area (Å²) < 4.78 is 30.3. The minimum atomic E-state index is -2.60. The number of hydrogen-bond acceptors (Lipinski definition) is 3. The van der Waals surface area contributed by atoms with Crippen LogP contribution in [0.3, 0.4) is 0 Å². The maximum atomic E-state index is 12.6. The molecule has 0 atom stereocenters.